The highest BCUT2D eigenvalue weighted by Gasteiger charge is 2.33. The van der Waals surface area contributed by atoms with Crippen LogP contribution in [0.2, 0.25) is 0 Å². The quantitative estimate of drug-likeness (QED) is 0.888. The number of hydrogen-bond donors (Lipinski definition) is 1. The Balaban J connectivity index is 1.71. The highest BCUT2D eigenvalue weighted by molar-refractivity contribution is 5.79. The molecule has 2 unspecified atom stereocenters. The monoisotopic (exact) mass is 380 g/mol. The van der Waals surface area contributed by atoms with Crippen molar-refractivity contribution in [2.24, 2.45) is 13.0 Å². The summed E-state index contributed by atoms with van der Waals surface area (Å²) in [6.07, 6.45) is -0.402. The molecule has 1 fully saturated rings. The lowest BCUT2D eigenvalue weighted by Crippen LogP contribution is -2.51. The summed E-state index contributed by atoms with van der Waals surface area (Å²) in [6, 6.07) is 4.87. The number of carbonyl (C=O) groups is 1. The maximum atomic E-state index is 13.0. The molecule has 27 heavy (non-hydrogen) atoms. The number of rotatable bonds is 4. The molecule has 0 radical (unpaired) electrons. The first kappa shape index (κ1) is 19.4. The van der Waals surface area contributed by atoms with Crippen molar-refractivity contribution in [3.63, 3.8) is 0 Å². The third-order valence-corrected chi connectivity index (χ3v) is 4.93. The number of aromatic nitrogens is 2. The molecular weight excluding hydrogens is 357 g/mol. The first-order chi connectivity index (χ1) is 12.8. The first-order valence-corrected chi connectivity index (χ1v) is 8.92. The van der Waals surface area contributed by atoms with Crippen LogP contribution in [0.3, 0.4) is 0 Å². The second-order valence-electron chi connectivity index (χ2n) is 6.95. The Morgan fingerprint density at radius 3 is 2.63 bits per heavy atom. The summed E-state index contributed by atoms with van der Waals surface area (Å²) in [5.74, 6) is 0.476. The maximum absolute atomic E-state index is 13.0. The van der Waals surface area contributed by atoms with Gasteiger partial charge < -0.3 is 14.8 Å². The first-order valence-electron chi connectivity index (χ1n) is 8.92. The molecule has 2 heterocycles. The SMILES string of the molecule is CC(Cc1ccc(C(F)(F)F)cc1)C(=O)N1CCNCC1c1nccn1C. The molecule has 1 aromatic carbocycles. The van der Waals surface area contributed by atoms with Gasteiger partial charge in [-0.05, 0) is 24.1 Å². The van der Waals surface area contributed by atoms with Gasteiger partial charge in [0, 0.05) is 45.0 Å². The minimum Gasteiger partial charge on any atom is -0.336 e. The minimum atomic E-state index is -4.35. The van der Waals surface area contributed by atoms with Gasteiger partial charge in [0.1, 0.15) is 11.9 Å². The van der Waals surface area contributed by atoms with Crippen LogP contribution in [-0.2, 0) is 24.4 Å². The standard InChI is InChI=1S/C19H23F3N4O/c1-13(11-14-3-5-15(6-4-14)19(20,21)22)18(27)26-10-7-23-12-16(26)17-24-8-9-25(17)2/h3-6,8-9,13,16,23H,7,10-12H2,1-2H3. The zero-order valence-corrected chi connectivity index (χ0v) is 15.3. The Morgan fingerprint density at radius 1 is 1.33 bits per heavy atom. The van der Waals surface area contributed by atoms with Gasteiger partial charge in [0.25, 0.3) is 0 Å². The molecule has 8 heteroatoms. The van der Waals surface area contributed by atoms with E-state index >= 15 is 0 Å². The molecule has 2 aromatic rings. The zero-order chi connectivity index (χ0) is 19.6. The highest BCUT2D eigenvalue weighted by Crippen LogP contribution is 2.30. The van der Waals surface area contributed by atoms with Crippen molar-refractivity contribution in [1.29, 1.82) is 0 Å². The molecule has 1 aliphatic rings. The molecule has 3 rings (SSSR count). The van der Waals surface area contributed by atoms with Gasteiger partial charge in [0.2, 0.25) is 5.91 Å². The average Bonchev–Trinajstić information content (AvgIpc) is 3.06. The fourth-order valence-corrected chi connectivity index (χ4v) is 3.45. The highest BCUT2D eigenvalue weighted by atomic mass is 19.4. The number of piperazine rings is 1. The maximum Gasteiger partial charge on any atom is 0.416 e. The van der Waals surface area contributed by atoms with E-state index in [1.807, 2.05) is 29.6 Å². The smallest absolute Gasteiger partial charge is 0.336 e. The summed E-state index contributed by atoms with van der Waals surface area (Å²) < 4.78 is 40.0. The molecule has 5 nitrogen and oxygen atoms in total. The van der Waals surface area contributed by atoms with Crippen LogP contribution in [0.15, 0.2) is 36.7 Å². The Labute approximate surface area is 156 Å². The van der Waals surface area contributed by atoms with E-state index in [1.165, 1.54) is 12.1 Å². The number of hydrogen-bond acceptors (Lipinski definition) is 3. The third-order valence-electron chi connectivity index (χ3n) is 4.93. The Bertz CT molecular complexity index is 785. The molecule has 2 atom stereocenters. The van der Waals surface area contributed by atoms with Gasteiger partial charge in [-0.2, -0.15) is 13.2 Å². The van der Waals surface area contributed by atoms with Gasteiger partial charge in [-0.1, -0.05) is 19.1 Å². The van der Waals surface area contributed by atoms with Crippen molar-refractivity contribution in [2.75, 3.05) is 19.6 Å². The van der Waals surface area contributed by atoms with Crippen LogP contribution in [-0.4, -0.2) is 40.0 Å². The molecule has 1 aromatic heterocycles. The van der Waals surface area contributed by atoms with Crippen LogP contribution in [0.25, 0.3) is 0 Å². The summed E-state index contributed by atoms with van der Waals surface area (Å²) >= 11 is 0. The lowest BCUT2D eigenvalue weighted by molar-refractivity contribution is -0.139. The van der Waals surface area contributed by atoms with Gasteiger partial charge in [-0.25, -0.2) is 4.98 Å². The number of carbonyl (C=O) groups excluding carboxylic acids is 1. The summed E-state index contributed by atoms with van der Waals surface area (Å²) in [7, 11) is 1.89. The van der Waals surface area contributed by atoms with E-state index in [4.69, 9.17) is 0 Å². The van der Waals surface area contributed by atoms with Gasteiger partial charge in [-0.15, -0.1) is 0 Å². The normalized spacial score (nSPS) is 19.1. The van der Waals surface area contributed by atoms with Crippen molar-refractivity contribution >= 4 is 5.91 Å². The summed E-state index contributed by atoms with van der Waals surface area (Å²) in [5.41, 5.74) is 0.0368. The molecule has 1 amide bonds. The molecule has 1 saturated heterocycles. The third kappa shape index (κ3) is 4.32. The summed E-state index contributed by atoms with van der Waals surface area (Å²) in [6.45, 7) is 3.73. The number of imidazole rings is 1. The Kier molecular flexibility index (Phi) is 5.55. The fraction of sp³-hybridized carbons (Fsp3) is 0.474. The minimum absolute atomic E-state index is 0.00982. The average molecular weight is 380 g/mol. The van der Waals surface area contributed by atoms with Crippen molar-refractivity contribution in [3.05, 3.63) is 53.6 Å². The molecule has 0 spiro atoms. The van der Waals surface area contributed by atoms with E-state index in [9.17, 15) is 18.0 Å². The van der Waals surface area contributed by atoms with E-state index in [0.717, 1.165) is 18.0 Å². The predicted octanol–water partition coefficient (Wildman–Crippen LogP) is 2.79. The summed E-state index contributed by atoms with van der Waals surface area (Å²) in [4.78, 5) is 19.2. The van der Waals surface area contributed by atoms with Crippen LogP contribution >= 0.6 is 0 Å². The molecule has 1 N–H and O–H groups in total. The topological polar surface area (TPSA) is 50.2 Å². The molecule has 0 saturated carbocycles. The van der Waals surface area contributed by atoms with E-state index in [2.05, 4.69) is 10.3 Å². The van der Waals surface area contributed by atoms with Crippen LogP contribution in [0, 0.1) is 5.92 Å². The van der Waals surface area contributed by atoms with Crippen molar-refractivity contribution in [3.8, 4) is 0 Å². The summed E-state index contributed by atoms with van der Waals surface area (Å²) in [5, 5.41) is 3.29. The number of alkyl halides is 3. The van der Waals surface area contributed by atoms with E-state index in [1.54, 1.807) is 6.20 Å². The van der Waals surface area contributed by atoms with Crippen molar-refractivity contribution in [2.45, 2.75) is 25.6 Å². The van der Waals surface area contributed by atoms with Crippen molar-refractivity contribution in [1.82, 2.24) is 19.8 Å². The van der Waals surface area contributed by atoms with E-state index < -0.39 is 11.7 Å². The van der Waals surface area contributed by atoms with Gasteiger partial charge in [0.05, 0.1) is 5.56 Å². The van der Waals surface area contributed by atoms with Gasteiger partial charge in [0.15, 0.2) is 0 Å². The Hall–Kier alpha value is -2.35. The molecule has 1 aliphatic heterocycles. The number of amides is 1. The molecule has 146 valence electrons. The second kappa shape index (κ2) is 7.72. The van der Waals surface area contributed by atoms with E-state index in [0.29, 0.717) is 31.6 Å². The van der Waals surface area contributed by atoms with Crippen LogP contribution in [0.5, 0.6) is 0 Å². The lowest BCUT2D eigenvalue weighted by atomic mass is 9.97. The molecule has 0 bridgehead atoms. The second-order valence-corrected chi connectivity index (χ2v) is 6.95. The molecule has 0 aliphatic carbocycles. The predicted molar refractivity (Wildman–Crippen MR) is 94.8 cm³/mol. The fourth-order valence-electron chi connectivity index (χ4n) is 3.45. The lowest BCUT2D eigenvalue weighted by Gasteiger charge is -2.37. The van der Waals surface area contributed by atoms with Crippen LogP contribution in [0.1, 0.15) is 29.9 Å². The number of aryl methyl sites for hydroxylation is 1. The van der Waals surface area contributed by atoms with Gasteiger partial charge in [-0.3, -0.25) is 4.79 Å². The van der Waals surface area contributed by atoms with E-state index in [-0.39, 0.29) is 17.9 Å². The number of nitrogens with one attached hydrogen (secondary N) is 1. The van der Waals surface area contributed by atoms with Crippen molar-refractivity contribution < 1.29 is 18.0 Å². The zero-order valence-electron chi connectivity index (χ0n) is 15.3. The Morgan fingerprint density at radius 2 is 2.04 bits per heavy atom. The van der Waals surface area contributed by atoms with Crippen LogP contribution in [0.4, 0.5) is 13.2 Å². The van der Waals surface area contributed by atoms with Gasteiger partial charge >= 0.3 is 6.18 Å². The number of halogens is 3. The number of benzene rings is 1. The number of nitrogens with zero attached hydrogens (tertiary/aromatic N) is 3. The molecular formula is C19H23F3N4O. The largest absolute Gasteiger partial charge is 0.416 e. The van der Waals surface area contributed by atoms with Crippen LogP contribution < -0.4 is 5.32 Å².